The molecule has 1 rings (SSSR count). The van der Waals surface area contributed by atoms with Crippen LogP contribution in [0.2, 0.25) is 0 Å². The second-order valence-electron chi connectivity index (χ2n) is 4.31. The molecule has 0 saturated carbocycles. The lowest BCUT2D eigenvalue weighted by atomic mass is 10.1. The van der Waals surface area contributed by atoms with Crippen molar-refractivity contribution in [1.82, 2.24) is 4.90 Å². The summed E-state index contributed by atoms with van der Waals surface area (Å²) >= 11 is 0. The molecule has 0 saturated heterocycles. The number of methoxy groups -OCH3 is 1. The third kappa shape index (κ3) is 4.24. The molecule has 0 aromatic heterocycles. The minimum absolute atomic E-state index is 0.202. The van der Waals surface area contributed by atoms with E-state index in [0.717, 1.165) is 5.56 Å². The molecule has 20 heavy (non-hydrogen) atoms. The molecule has 1 amide bonds. The van der Waals surface area contributed by atoms with Crippen LogP contribution in [-0.2, 0) is 14.3 Å². The van der Waals surface area contributed by atoms with Gasteiger partial charge in [0.1, 0.15) is 19.0 Å². The van der Waals surface area contributed by atoms with E-state index >= 15 is 0 Å². The number of nitrogens with zero attached hydrogens (tertiary/aromatic N) is 1. The highest BCUT2D eigenvalue weighted by atomic mass is 16.5. The fraction of sp³-hybridized carbons (Fsp3) is 0.429. The minimum Gasteiger partial charge on any atom is -0.496 e. The summed E-state index contributed by atoms with van der Waals surface area (Å²) < 4.78 is 10.1. The number of hydrogen-bond acceptors (Lipinski definition) is 4. The van der Waals surface area contributed by atoms with Gasteiger partial charge in [-0.25, -0.2) is 4.79 Å². The number of carbonyl (C=O) groups excluding carboxylic acids is 1. The monoisotopic (exact) mass is 281 g/mol. The second-order valence-corrected chi connectivity index (χ2v) is 4.31. The highest BCUT2D eigenvalue weighted by Crippen LogP contribution is 2.27. The lowest BCUT2D eigenvalue weighted by Gasteiger charge is -2.26. The molecule has 0 aliphatic rings. The molecular formula is C14H19NO5. The maximum absolute atomic E-state index is 11.9. The predicted octanol–water partition coefficient (Wildman–Crippen LogP) is 1.32. The van der Waals surface area contributed by atoms with Gasteiger partial charge in [0.25, 0.3) is 0 Å². The Balaban J connectivity index is 2.68. The van der Waals surface area contributed by atoms with Gasteiger partial charge >= 0.3 is 5.97 Å². The third-order valence-corrected chi connectivity index (χ3v) is 3.01. The van der Waals surface area contributed by atoms with Gasteiger partial charge in [0, 0.05) is 12.6 Å². The number of carbonyl (C=O) groups is 2. The van der Waals surface area contributed by atoms with Gasteiger partial charge in [-0.15, -0.1) is 0 Å². The highest BCUT2D eigenvalue weighted by Gasteiger charge is 2.20. The largest absolute Gasteiger partial charge is 0.496 e. The molecule has 0 heterocycles. The zero-order chi connectivity index (χ0) is 15.1. The van der Waals surface area contributed by atoms with Crippen LogP contribution in [0.4, 0.5) is 0 Å². The summed E-state index contributed by atoms with van der Waals surface area (Å²) in [4.78, 5) is 23.7. The third-order valence-electron chi connectivity index (χ3n) is 3.01. The first kappa shape index (κ1) is 16.0. The molecule has 0 spiro atoms. The zero-order valence-corrected chi connectivity index (χ0v) is 11.8. The number of benzene rings is 1. The first-order valence-electron chi connectivity index (χ1n) is 6.15. The van der Waals surface area contributed by atoms with Crippen molar-refractivity contribution in [1.29, 1.82) is 0 Å². The molecule has 0 radical (unpaired) electrons. The summed E-state index contributed by atoms with van der Waals surface area (Å²) in [6.45, 7) is 1.12. The second kappa shape index (κ2) is 7.49. The van der Waals surface area contributed by atoms with Gasteiger partial charge in [-0.1, -0.05) is 18.2 Å². The summed E-state index contributed by atoms with van der Waals surface area (Å²) in [5.74, 6) is -0.686. The Hall–Kier alpha value is -2.08. The molecule has 1 N–H and O–H groups in total. The van der Waals surface area contributed by atoms with Gasteiger partial charge in [0.15, 0.2) is 0 Å². The summed E-state index contributed by atoms with van der Waals surface area (Å²) in [7, 11) is 3.22. The van der Waals surface area contributed by atoms with Gasteiger partial charge < -0.3 is 19.5 Å². The number of para-hydroxylation sites is 1. The minimum atomic E-state index is -1.10. The molecule has 0 fully saturated rings. The van der Waals surface area contributed by atoms with E-state index in [9.17, 15) is 9.59 Å². The number of aliphatic carboxylic acids is 1. The Morgan fingerprint density at radius 2 is 1.95 bits per heavy atom. The van der Waals surface area contributed by atoms with Crippen molar-refractivity contribution in [3.8, 4) is 5.75 Å². The number of carboxylic acid groups (broad SMARTS) is 1. The Kier molecular flexibility index (Phi) is 5.99. The maximum Gasteiger partial charge on any atom is 0.329 e. The van der Waals surface area contributed by atoms with Crippen molar-refractivity contribution in [3.63, 3.8) is 0 Å². The Morgan fingerprint density at radius 1 is 1.30 bits per heavy atom. The SMILES string of the molecule is COc1ccccc1C(C)N(C)C(=O)COCC(=O)O. The summed E-state index contributed by atoms with van der Waals surface area (Å²) in [6.07, 6.45) is 0. The van der Waals surface area contributed by atoms with Crippen molar-refractivity contribution < 1.29 is 24.2 Å². The van der Waals surface area contributed by atoms with Crippen LogP contribution >= 0.6 is 0 Å². The van der Waals surface area contributed by atoms with E-state index in [0.29, 0.717) is 5.75 Å². The van der Waals surface area contributed by atoms with Crippen LogP contribution in [0.1, 0.15) is 18.5 Å². The number of ether oxygens (including phenoxy) is 2. The molecule has 0 aliphatic heterocycles. The van der Waals surface area contributed by atoms with E-state index in [4.69, 9.17) is 14.6 Å². The molecule has 0 aliphatic carbocycles. The van der Waals surface area contributed by atoms with Crippen molar-refractivity contribution >= 4 is 11.9 Å². The van der Waals surface area contributed by atoms with Crippen molar-refractivity contribution in [2.24, 2.45) is 0 Å². The normalized spacial score (nSPS) is 11.8. The summed E-state index contributed by atoms with van der Waals surface area (Å²) in [5, 5.41) is 8.45. The van der Waals surface area contributed by atoms with Crippen LogP contribution in [0.3, 0.4) is 0 Å². The number of rotatable bonds is 7. The van der Waals surface area contributed by atoms with Gasteiger partial charge in [-0.2, -0.15) is 0 Å². The molecule has 1 aromatic carbocycles. The molecule has 110 valence electrons. The topological polar surface area (TPSA) is 76.1 Å². The molecular weight excluding hydrogens is 262 g/mol. The van der Waals surface area contributed by atoms with Crippen LogP contribution < -0.4 is 4.74 Å². The summed E-state index contributed by atoms with van der Waals surface area (Å²) in [6, 6.07) is 7.23. The first-order chi connectivity index (χ1) is 9.47. The van der Waals surface area contributed by atoms with E-state index in [1.165, 1.54) is 4.90 Å². The van der Waals surface area contributed by atoms with E-state index < -0.39 is 12.6 Å². The average Bonchev–Trinajstić information content (AvgIpc) is 2.45. The zero-order valence-electron chi connectivity index (χ0n) is 11.8. The van der Waals surface area contributed by atoms with E-state index in [-0.39, 0.29) is 18.6 Å². The highest BCUT2D eigenvalue weighted by molar-refractivity contribution is 5.78. The number of likely N-dealkylation sites (N-methyl/N-ethyl adjacent to an activating group) is 1. The van der Waals surface area contributed by atoms with Crippen LogP contribution in [-0.4, -0.2) is 49.3 Å². The Bertz CT molecular complexity index is 474. The lowest BCUT2D eigenvalue weighted by Crippen LogP contribution is -2.33. The Labute approximate surface area is 117 Å². The standard InChI is InChI=1S/C14H19NO5/c1-10(11-6-4-5-7-12(11)19-3)15(2)13(16)8-20-9-14(17)18/h4-7,10H,8-9H2,1-3H3,(H,17,18). The predicted molar refractivity (Wildman–Crippen MR) is 72.6 cm³/mol. The van der Waals surface area contributed by atoms with Crippen LogP contribution in [0.5, 0.6) is 5.75 Å². The van der Waals surface area contributed by atoms with Gasteiger partial charge in [-0.3, -0.25) is 4.79 Å². The van der Waals surface area contributed by atoms with Gasteiger partial charge in [-0.05, 0) is 13.0 Å². The first-order valence-corrected chi connectivity index (χ1v) is 6.15. The molecule has 0 bridgehead atoms. The molecule has 6 heteroatoms. The number of hydrogen-bond donors (Lipinski definition) is 1. The van der Waals surface area contributed by atoms with Gasteiger partial charge in [0.05, 0.1) is 13.2 Å². The average molecular weight is 281 g/mol. The number of amides is 1. The lowest BCUT2D eigenvalue weighted by molar-refractivity contribution is -0.146. The molecule has 1 atom stereocenters. The van der Waals surface area contributed by atoms with Crippen LogP contribution in [0.15, 0.2) is 24.3 Å². The maximum atomic E-state index is 11.9. The van der Waals surface area contributed by atoms with Crippen molar-refractivity contribution in [2.45, 2.75) is 13.0 Å². The van der Waals surface area contributed by atoms with E-state index in [1.807, 2.05) is 31.2 Å². The molecule has 6 nitrogen and oxygen atoms in total. The van der Waals surface area contributed by atoms with E-state index in [2.05, 4.69) is 0 Å². The number of carboxylic acids is 1. The van der Waals surface area contributed by atoms with Gasteiger partial charge in [0.2, 0.25) is 5.91 Å². The quantitative estimate of drug-likeness (QED) is 0.815. The van der Waals surface area contributed by atoms with Crippen molar-refractivity contribution in [3.05, 3.63) is 29.8 Å². The Morgan fingerprint density at radius 3 is 2.55 bits per heavy atom. The molecule has 1 unspecified atom stereocenters. The fourth-order valence-corrected chi connectivity index (χ4v) is 1.76. The smallest absolute Gasteiger partial charge is 0.329 e. The summed E-state index contributed by atoms with van der Waals surface area (Å²) in [5.41, 5.74) is 0.879. The molecule has 1 aromatic rings. The fourth-order valence-electron chi connectivity index (χ4n) is 1.76. The van der Waals surface area contributed by atoms with E-state index in [1.54, 1.807) is 14.2 Å². The van der Waals surface area contributed by atoms with Crippen LogP contribution in [0.25, 0.3) is 0 Å². The van der Waals surface area contributed by atoms with Crippen molar-refractivity contribution in [2.75, 3.05) is 27.4 Å². The van der Waals surface area contributed by atoms with Crippen LogP contribution in [0, 0.1) is 0 Å².